The Morgan fingerprint density at radius 3 is 2.44 bits per heavy atom. The number of para-hydroxylation sites is 1. The summed E-state index contributed by atoms with van der Waals surface area (Å²) in [7, 11) is 0. The van der Waals surface area contributed by atoms with Gasteiger partial charge in [0.2, 0.25) is 0 Å². The van der Waals surface area contributed by atoms with E-state index in [4.69, 9.17) is 0 Å². The van der Waals surface area contributed by atoms with Crippen molar-refractivity contribution in [2.75, 3.05) is 11.9 Å². The van der Waals surface area contributed by atoms with E-state index >= 15 is 0 Å². The Morgan fingerprint density at radius 1 is 1.04 bits per heavy atom. The van der Waals surface area contributed by atoms with Crippen molar-refractivity contribution in [2.24, 2.45) is 0 Å². The average molecular weight is 337 g/mol. The van der Waals surface area contributed by atoms with Crippen molar-refractivity contribution in [3.05, 3.63) is 54.6 Å². The van der Waals surface area contributed by atoms with Gasteiger partial charge in [0, 0.05) is 23.0 Å². The maximum Gasteiger partial charge on any atom is 0.313 e. The molecule has 1 atom stereocenters. The Balaban J connectivity index is 1.94. The number of hydrogen-bond donors (Lipinski definition) is 4. The third-order valence-corrected chi connectivity index (χ3v) is 3.77. The van der Waals surface area contributed by atoms with Gasteiger partial charge in [-0.1, -0.05) is 48.5 Å². The number of anilines is 1. The smallest absolute Gasteiger partial charge is 0.313 e. The fraction of sp³-hybridized carbons (Fsp3) is 0.158. The van der Waals surface area contributed by atoms with Crippen LogP contribution >= 0.6 is 0 Å². The number of hydrogen-bond acceptors (Lipinski definition) is 3. The van der Waals surface area contributed by atoms with Gasteiger partial charge in [-0.25, -0.2) is 0 Å². The molecule has 0 aliphatic heterocycles. The SMILES string of the molecule is CC(O)CNC(=O)C(=O)Nc1c(-c2ccccc2)[nH]c2ccccc12. The lowest BCUT2D eigenvalue weighted by molar-refractivity contribution is -0.136. The molecule has 6 nitrogen and oxygen atoms in total. The highest BCUT2D eigenvalue weighted by molar-refractivity contribution is 6.40. The van der Waals surface area contributed by atoms with Crippen LogP contribution in [0.4, 0.5) is 5.69 Å². The molecule has 0 bridgehead atoms. The second-order valence-electron chi connectivity index (χ2n) is 5.80. The predicted molar refractivity (Wildman–Crippen MR) is 97.1 cm³/mol. The molecule has 1 heterocycles. The molecular formula is C19H19N3O3. The number of aromatic amines is 1. The first kappa shape index (κ1) is 16.7. The zero-order valence-corrected chi connectivity index (χ0v) is 13.7. The van der Waals surface area contributed by atoms with Crippen LogP contribution < -0.4 is 10.6 Å². The van der Waals surface area contributed by atoms with E-state index in [1.807, 2.05) is 54.6 Å². The summed E-state index contributed by atoms with van der Waals surface area (Å²) in [6, 6.07) is 17.1. The second-order valence-corrected chi connectivity index (χ2v) is 5.80. The zero-order chi connectivity index (χ0) is 17.8. The number of rotatable bonds is 4. The Hall–Kier alpha value is -3.12. The van der Waals surface area contributed by atoms with Crippen molar-refractivity contribution in [2.45, 2.75) is 13.0 Å². The number of nitrogens with one attached hydrogen (secondary N) is 3. The number of H-pyrrole nitrogens is 1. The largest absolute Gasteiger partial charge is 0.392 e. The highest BCUT2D eigenvalue weighted by atomic mass is 16.3. The quantitative estimate of drug-likeness (QED) is 0.550. The van der Waals surface area contributed by atoms with Gasteiger partial charge in [0.05, 0.1) is 17.5 Å². The summed E-state index contributed by atoms with van der Waals surface area (Å²) in [5.41, 5.74) is 3.05. The standard InChI is InChI=1S/C19H19N3O3/c1-12(23)11-20-18(24)19(25)22-17-14-9-5-6-10-15(14)21-16(17)13-7-3-2-4-8-13/h2-10,12,21,23H,11H2,1H3,(H,20,24)(H,22,25). The van der Waals surface area contributed by atoms with E-state index in [0.29, 0.717) is 5.69 Å². The van der Waals surface area contributed by atoms with Crippen LogP contribution in [-0.4, -0.2) is 34.6 Å². The summed E-state index contributed by atoms with van der Waals surface area (Å²) in [5, 5.41) is 15.1. The number of carbonyl (C=O) groups is 2. The number of carbonyl (C=O) groups excluding carboxylic acids is 2. The molecule has 4 N–H and O–H groups in total. The summed E-state index contributed by atoms with van der Waals surface area (Å²) >= 11 is 0. The van der Waals surface area contributed by atoms with Gasteiger partial charge in [-0.15, -0.1) is 0 Å². The number of fused-ring (bicyclic) bond motifs is 1. The molecule has 6 heteroatoms. The van der Waals surface area contributed by atoms with Gasteiger partial charge in [0.1, 0.15) is 0 Å². The van der Waals surface area contributed by atoms with E-state index in [9.17, 15) is 14.7 Å². The average Bonchev–Trinajstić information content (AvgIpc) is 2.99. The highest BCUT2D eigenvalue weighted by Gasteiger charge is 2.19. The first-order valence-corrected chi connectivity index (χ1v) is 7.99. The van der Waals surface area contributed by atoms with Gasteiger partial charge in [-0.2, -0.15) is 0 Å². The molecule has 128 valence electrons. The summed E-state index contributed by atoms with van der Waals surface area (Å²) in [6.45, 7) is 1.55. The third kappa shape index (κ3) is 3.70. The van der Waals surface area contributed by atoms with Crippen molar-refractivity contribution >= 4 is 28.4 Å². The topological polar surface area (TPSA) is 94.2 Å². The van der Waals surface area contributed by atoms with Crippen LogP contribution in [0.15, 0.2) is 54.6 Å². The Bertz CT molecular complexity index is 901. The molecule has 2 aromatic carbocycles. The molecule has 0 aliphatic rings. The van der Waals surface area contributed by atoms with Crippen LogP contribution in [0.1, 0.15) is 6.92 Å². The molecule has 3 rings (SSSR count). The van der Waals surface area contributed by atoms with Crippen molar-refractivity contribution in [3.8, 4) is 11.3 Å². The van der Waals surface area contributed by atoms with Gasteiger partial charge in [0.15, 0.2) is 0 Å². The molecule has 0 fully saturated rings. The first-order chi connectivity index (χ1) is 12.1. The van der Waals surface area contributed by atoms with Crippen LogP contribution in [0.3, 0.4) is 0 Å². The van der Waals surface area contributed by atoms with E-state index in [-0.39, 0.29) is 6.54 Å². The van der Waals surface area contributed by atoms with Gasteiger partial charge in [-0.3, -0.25) is 9.59 Å². The minimum absolute atomic E-state index is 0.0195. The van der Waals surface area contributed by atoms with E-state index in [1.54, 1.807) is 0 Å². The van der Waals surface area contributed by atoms with Crippen LogP contribution in [-0.2, 0) is 9.59 Å². The number of aromatic nitrogens is 1. The van der Waals surface area contributed by atoms with Crippen molar-refractivity contribution < 1.29 is 14.7 Å². The van der Waals surface area contributed by atoms with Crippen LogP contribution in [0.25, 0.3) is 22.2 Å². The number of aliphatic hydroxyl groups is 1. The molecule has 1 unspecified atom stereocenters. The van der Waals surface area contributed by atoms with Crippen LogP contribution in [0.2, 0.25) is 0 Å². The second kappa shape index (κ2) is 7.19. The lowest BCUT2D eigenvalue weighted by atomic mass is 10.1. The van der Waals surface area contributed by atoms with Gasteiger partial charge in [-0.05, 0) is 13.0 Å². The molecule has 1 aromatic heterocycles. The molecule has 0 spiro atoms. The van der Waals surface area contributed by atoms with Gasteiger partial charge < -0.3 is 20.7 Å². The third-order valence-electron chi connectivity index (χ3n) is 3.77. The Morgan fingerprint density at radius 2 is 1.72 bits per heavy atom. The van der Waals surface area contributed by atoms with Crippen LogP contribution in [0, 0.1) is 0 Å². The minimum Gasteiger partial charge on any atom is -0.392 e. The molecule has 0 radical (unpaired) electrons. The van der Waals surface area contributed by atoms with Crippen LogP contribution in [0.5, 0.6) is 0 Å². The number of aliphatic hydroxyl groups excluding tert-OH is 1. The predicted octanol–water partition coefficient (Wildman–Crippen LogP) is 2.27. The molecule has 0 saturated carbocycles. The molecule has 0 aliphatic carbocycles. The van der Waals surface area contributed by atoms with E-state index in [2.05, 4.69) is 15.6 Å². The fourth-order valence-electron chi connectivity index (χ4n) is 2.58. The highest BCUT2D eigenvalue weighted by Crippen LogP contribution is 2.34. The fourth-order valence-corrected chi connectivity index (χ4v) is 2.58. The zero-order valence-electron chi connectivity index (χ0n) is 13.7. The van der Waals surface area contributed by atoms with Crippen molar-refractivity contribution in [1.29, 1.82) is 0 Å². The lowest BCUT2D eigenvalue weighted by Gasteiger charge is -2.09. The number of amides is 2. The van der Waals surface area contributed by atoms with E-state index in [1.165, 1.54) is 6.92 Å². The molecule has 0 saturated heterocycles. The normalized spacial score (nSPS) is 11.9. The Kier molecular flexibility index (Phi) is 4.81. The monoisotopic (exact) mass is 337 g/mol. The first-order valence-electron chi connectivity index (χ1n) is 7.99. The van der Waals surface area contributed by atoms with Crippen molar-refractivity contribution in [1.82, 2.24) is 10.3 Å². The summed E-state index contributed by atoms with van der Waals surface area (Å²) < 4.78 is 0. The Labute approximate surface area is 144 Å². The van der Waals surface area contributed by atoms with Crippen molar-refractivity contribution in [3.63, 3.8) is 0 Å². The maximum absolute atomic E-state index is 12.2. The summed E-state index contributed by atoms with van der Waals surface area (Å²) in [6.07, 6.45) is -0.718. The molecule has 2 amide bonds. The maximum atomic E-state index is 12.2. The number of benzene rings is 2. The van der Waals surface area contributed by atoms with Gasteiger partial charge >= 0.3 is 11.8 Å². The summed E-state index contributed by atoms with van der Waals surface area (Å²) in [4.78, 5) is 27.4. The summed E-state index contributed by atoms with van der Waals surface area (Å²) in [5.74, 6) is -1.56. The van der Waals surface area contributed by atoms with E-state index < -0.39 is 17.9 Å². The molecular weight excluding hydrogens is 318 g/mol. The minimum atomic E-state index is -0.787. The molecule has 25 heavy (non-hydrogen) atoms. The van der Waals surface area contributed by atoms with Gasteiger partial charge in [0.25, 0.3) is 0 Å². The van der Waals surface area contributed by atoms with E-state index in [0.717, 1.165) is 22.2 Å². The lowest BCUT2D eigenvalue weighted by Crippen LogP contribution is -2.38. The molecule has 3 aromatic rings.